The summed E-state index contributed by atoms with van der Waals surface area (Å²) in [6.07, 6.45) is 12.7. The van der Waals surface area contributed by atoms with Crippen LogP contribution in [0.5, 0.6) is 0 Å². The number of fused-ring (bicyclic) bond motifs is 1. The molecule has 0 bridgehead atoms. The number of carbonyl (C=O) groups is 1. The zero-order valence-corrected chi connectivity index (χ0v) is 14.4. The molecule has 1 saturated heterocycles. The number of aromatic amines is 1. The standard InChI is InChI=1S/C18H24N6O/c25-18(13-5-3-1-2-4-6-13)23-14-7-9-24(10-8-14)17-15-16(20-11-19-15)21-12-22-17/h5,11-12,14H,1-4,6-10H2,(H,23,25)(H,19,20,21,22). The molecule has 2 aromatic heterocycles. The Balaban J connectivity index is 1.36. The molecule has 3 heterocycles. The lowest BCUT2D eigenvalue weighted by molar-refractivity contribution is -0.118. The molecule has 0 spiro atoms. The van der Waals surface area contributed by atoms with Gasteiger partial charge in [0.2, 0.25) is 5.91 Å². The maximum Gasteiger partial charge on any atom is 0.247 e. The van der Waals surface area contributed by atoms with Gasteiger partial charge in [0.25, 0.3) is 0 Å². The predicted molar refractivity (Wildman–Crippen MR) is 96.2 cm³/mol. The van der Waals surface area contributed by atoms with E-state index in [1.165, 1.54) is 12.8 Å². The summed E-state index contributed by atoms with van der Waals surface area (Å²) in [6.45, 7) is 1.74. The van der Waals surface area contributed by atoms with Gasteiger partial charge in [-0.05, 0) is 38.5 Å². The Labute approximate surface area is 146 Å². The second-order valence-corrected chi connectivity index (χ2v) is 6.86. The van der Waals surface area contributed by atoms with Gasteiger partial charge < -0.3 is 15.2 Å². The van der Waals surface area contributed by atoms with Gasteiger partial charge in [-0.1, -0.05) is 12.5 Å². The van der Waals surface area contributed by atoms with Crippen molar-refractivity contribution in [2.75, 3.05) is 18.0 Å². The first-order chi connectivity index (χ1) is 12.3. The topological polar surface area (TPSA) is 86.8 Å². The minimum Gasteiger partial charge on any atom is -0.355 e. The summed E-state index contributed by atoms with van der Waals surface area (Å²) in [5.41, 5.74) is 2.56. The summed E-state index contributed by atoms with van der Waals surface area (Å²) < 4.78 is 0. The van der Waals surface area contributed by atoms with Crippen LogP contribution in [0.3, 0.4) is 0 Å². The molecular formula is C18H24N6O. The van der Waals surface area contributed by atoms with Gasteiger partial charge in [-0.15, -0.1) is 0 Å². The van der Waals surface area contributed by atoms with Gasteiger partial charge in [-0.2, -0.15) is 0 Å². The molecule has 1 aliphatic carbocycles. The van der Waals surface area contributed by atoms with Gasteiger partial charge >= 0.3 is 0 Å². The first kappa shape index (κ1) is 16.1. The maximum atomic E-state index is 12.5. The molecule has 1 fully saturated rings. The highest BCUT2D eigenvalue weighted by Crippen LogP contribution is 2.24. The molecular weight excluding hydrogens is 316 g/mol. The average molecular weight is 340 g/mol. The van der Waals surface area contributed by atoms with Crippen molar-refractivity contribution in [3.05, 3.63) is 24.3 Å². The molecule has 1 amide bonds. The SMILES string of the molecule is O=C(NC1CCN(c2ncnc3nc[nH]c23)CC1)C1=CCCCCC1. The van der Waals surface area contributed by atoms with E-state index in [0.717, 1.165) is 62.1 Å². The monoisotopic (exact) mass is 340 g/mol. The average Bonchev–Trinajstić information content (AvgIpc) is 2.95. The van der Waals surface area contributed by atoms with E-state index < -0.39 is 0 Å². The van der Waals surface area contributed by atoms with Crippen LogP contribution in [0.4, 0.5) is 5.82 Å². The number of hydrogen-bond acceptors (Lipinski definition) is 5. The van der Waals surface area contributed by atoms with Crippen LogP contribution >= 0.6 is 0 Å². The van der Waals surface area contributed by atoms with Gasteiger partial charge in [-0.3, -0.25) is 4.79 Å². The summed E-state index contributed by atoms with van der Waals surface area (Å²) in [6, 6.07) is 0.243. The molecule has 0 unspecified atom stereocenters. The fourth-order valence-corrected chi connectivity index (χ4v) is 3.73. The largest absolute Gasteiger partial charge is 0.355 e. The quantitative estimate of drug-likeness (QED) is 0.895. The van der Waals surface area contributed by atoms with E-state index in [1.807, 2.05) is 0 Å². The molecule has 2 aromatic rings. The van der Waals surface area contributed by atoms with Gasteiger partial charge in [0.15, 0.2) is 11.5 Å². The second-order valence-electron chi connectivity index (χ2n) is 6.86. The second kappa shape index (κ2) is 7.21. The lowest BCUT2D eigenvalue weighted by atomic mass is 10.0. The number of amides is 1. The molecule has 0 atom stereocenters. The van der Waals surface area contributed by atoms with Crippen LogP contribution in [0.1, 0.15) is 44.9 Å². The fourth-order valence-electron chi connectivity index (χ4n) is 3.73. The third-order valence-electron chi connectivity index (χ3n) is 5.17. The Bertz CT molecular complexity index is 775. The third kappa shape index (κ3) is 3.50. The molecule has 7 nitrogen and oxygen atoms in total. The zero-order valence-electron chi connectivity index (χ0n) is 14.4. The summed E-state index contributed by atoms with van der Waals surface area (Å²) >= 11 is 0. The van der Waals surface area contributed by atoms with Gasteiger partial charge in [0.05, 0.1) is 6.33 Å². The van der Waals surface area contributed by atoms with E-state index in [0.29, 0.717) is 5.65 Å². The van der Waals surface area contributed by atoms with Gasteiger partial charge in [-0.25, -0.2) is 15.0 Å². The molecule has 25 heavy (non-hydrogen) atoms. The molecule has 2 N–H and O–H groups in total. The van der Waals surface area contributed by atoms with Crippen molar-refractivity contribution in [2.24, 2.45) is 0 Å². The molecule has 2 aliphatic rings. The number of nitrogens with one attached hydrogen (secondary N) is 2. The van der Waals surface area contributed by atoms with Gasteiger partial charge in [0.1, 0.15) is 11.8 Å². The highest BCUT2D eigenvalue weighted by atomic mass is 16.1. The number of hydrogen-bond donors (Lipinski definition) is 2. The van der Waals surface area contributed by atoms with E-state index in [1.54, 1.807) is 12.7 Å². The molecule has 132 valence electrons. The Kier molecular flexibility index (Phi) is 4.63. The molecule has 0 radical (unpaired) electrons. The van der Waals surface area contributed by atoms with Crippen molar-refractivity contribution in [2.45, 2.75) is 51.0 Å². The van der Waals surface area contributed by atoms with Crippen LogP contribution in [0.25, 0.3) is 11.2 Å². The third-order valence-corrected chi connectivity index (χ3v) is 5.17. The summed E-state index contributed by atoms with van der Waals surface area (Å²) in [5, 5.41) is 3.23. The Hall–Kier alpha value is -2.44. The van der Waals surface area contributed by atoms with Crippen LogP contribution in [-0.4, -0.2) is 45.0 Å². The number of H-pyrrole nitrogens is 1. The van der Waals surface area contributed by atoms with Crippen molar-refractivity contribution < 1.29 is 4.79 Å². The summed E-state index contributed by atoms with van der Waals surface area (Å²) in [4.78, 5) is 30.6. The predicted octanol–water partition coefficient (Wildman–Crippen LogP) is 2.33. The van der Waals surface area contributed by atoms with E-state index >= 15 is 0 Å². The Morgan fingerprint density at radius 2 is 2.04 bits per heavy atom. The number of rotatable bonds is 3. The summed E-state index contributed by atoms with van der Waals surface area (Å²) in [7, 11) is 0. The smallest absolute Gasteiger partial charge is 0.247 e. The maximum absolute atomic E-state index is 12.5. The number of imidazole rings is 1. The molecule has 1 aliphatic heterocycles. The van der Waals surface area contributed by atoms with Crippen molar-refractivity contribution >= 4 is 22.9 Å². The number of aromatic nitrogens is 4. The van der Waals surface area contributed by atoms with Crippen LogP contribution in [0.2, 0.25) is 0 Å². The normalized spacial score (nSPS) is 19.5. The first-order valence-corrected chi connectivity index (χ1v) is 9.20. The lowest BCUT2D eigenvalue weighted by Crippen LogP contribution is -2.45. The molecule has 0 saturated carbocycles. The van der Waals surface area contributed by atoms with Crippen molar-refractivity contribution in [3.63, 3.8) is 0 Å². The van der Waals surface area contributed by atoms with Crippen molar-refractivity contribution in [1.29, 1.82) is 0 Å². The minimum absolute atomic E-state index is 0.137. The summed E-state index contributed by atoms with van der Waals surface area (Å²) in [5.74, 6) is 1.04. The van der Waals surface area contributed by atoms with E-state index in [2.05, 4.69) is 36.2 Å². The highest BCUT2D eigenvalue weighted by molar-refractivity contribution is 5.93. The van der Waals surface area contributed by atoms with Crippen LogP contribution in [0, 0.1) is 0 Å². The van der Waals surface area contributed by atoms with E-state index in [9.17, 15) is 4.79 Å². The number of piperidine rings is 1. The number of anilines is 1. The number of allylic oxidation sites excluding steroid dienone is 1. The Morgan fingerprint density at radius 3 is 2.92 bits per heavy atom. The van der Waals surface area contributed by atoms with E-state index in [-0.39, 0.29) is 11.9 Å². The van der Waals surface area contributed by atoms with Gasteiger partial charge in [0, 0.05) is 24.7 Å². The lowest BCUT2D eigenvalue weighted by Gasteiger charge is -2.33. The number of carbonyl (C=O) groups excluding carboxylic acids is 1. The van der Waals surface area contributed by atoms with Crippen molar-refractivity contribution in [3.8, 4) is 0 Å². The zero-order chi connectivity index (χ0) is 17.1. The highest BCUT2D eigenvalue weighted by Gasteiger charge is 2.24. The fraction of sp³-hybridized carbons (Fsp3) is 0.556. The van der Waals surface area contributed by atoms with Crippen LogP contribution in [-0.2, 0) is 4.79 Å². The molecule has 7 heteroatoms. The molecule has 4 rings (SSSR count). The minimum atomic E-state index is 0.137. The van der Waals surface area contributed by atoms with Crippen LogP contribution < -0.4 is 10.2 Å². The molecule has 0 aromatic carbocycles. The van der Waals surface area contributed by atoms with Crippen LogP contribution in [0.15, 0.2) is 24.3 Å². The first-order valence-electron chi connectivity index (χ1n) is 9.20. The Morgan fingerprint density at radius 1 is 1.16 bits per heavy atom. The van der Waals surface area contributed by atoms with Crippen molar-refractivity contribution in [1.82, 2.24) is 25.3 Å². The van der Waals surface area contributed by atoms with E-state index in [4.69, 9.17) is 0 Å². The number of nitrogens with zero attached hydrogens (tertiary/aromatic N) is 4.